The number of carbonyl (C=O) groups is 1. The van der Waals surface area contributed by atoms with E-state index in [0.29, 0.717) is 6.42 Å². The molecule has 18 heavy (non-hydrogen) atoms. The van der Waals surface area contributed by atoms with E-state index >= 15 is 0 Å². The van der Waals surface area contributed by atoms with Gasteiger partial charge < -0.3 is 15.3 Å². The van der Waals surface area contributed by atoms with Gasteiger partial charge in [-0.3, -0.25) is 4.79 Å². The summed E-state index contributed by atoms with van der Waals surface area (Å²) in [5.74, 6) is -0.764. The van der Waals surface area contributed by atoms with Gasteiger partial charge in [-0.1, -0.05) is 27.7 Å². The lowest BCUT2D eigenvalue weighted by molar-refractivity contribution is -0.144. The van der Waals surface area contributed by atoms with Crippen molar-refractivity contribution in [2.24, 2.45) is 5.41 Å². The first kappa shape index (κ1) is 17.4. The van der Waals surface area contributed by atoms with Crippen LogP contribution in [0.5, 0.6) is 0 Å². The van der Waals surface area contributed by atoms with Gasteiger partial charge in [0.25, 0.3) is 0 Å². The lowest BCUT2D eigenvalue weighted by Gasteiger charge is -2.31. The molecule has 1 atom stereocenters. The van der Waals surface area contributed by atoms with Crippen LogP contribution < -0.4 is 5.32 Å². The number of nitrogens with one attached hydrogen (secondary N) is 1. The van der Waals surface area contributed by atoms with Crippen LogP contribution >= 0.6 is 0 Å². The summed E-state index contributed by atoms with van der Waals surface area (Å²) in [6, 6.07) is 0. The van der Waals surface area contributed by atoms with Crippen molar-refractivity contribution >= 4 is 5.97 Å². The molecule has 0 spiro atoms. The maximum atomic E-state index is 11.3. The maximum absolute atomic E-state index is 11.3. The zero-order valence-electron chi connectivity index (χ0n) is 12.8. The Balaban J connectivity index is 4.31. The van der Waals surface area contributed by atoms with E-state index in [9.17, 15) is 9.90 Å². The molecule has 0 aromatic rings. The van der Waals surface area contributed by atoms with Crippen molar-refractivity contribution < 1.29 is 9.90 Å². The number of hydrogen-bond acceptors (Lipinski definition) is 3. The van der Waals surface area contributed by atoms with Gasteiger partial charge in [0, 0.05) is 13.1 Å². The van der Waals surface area contributed by atoms with Gasteiger partial charge in [0.1, 0.15) is 5.54 Å². The van der Waals surface area contributed by atoms with Gasteiger partial charge in [0.15, 0.2) is 0 Å². The van der Waals surface area contributed by atoms with E-state index in [1.165, 1.54) is 0 Å². The van der Waals surface area contributed by atoms with E-state index in [1.54, 1.807) is 6.92 Å². The quantitative estimate of drug-likeness (QED) is 0.701. The predicted octanol–water partition coefficient (Wildman–Crippen LogP) is 2.20. The monoisotopic (exact) mass is 258 g/mol. The number of nitrogens with zero attached hydrogens (tertiary/aromatic N) is 1. The number of hydrogen-bond donors (Lipinski definition) is 2. The smallest absolute Gasteiger partial charge is 0.323 e. The average Bonchev–Trinajstić information content (AvgIpc) is 2.21. The Bertz CT molecular complexity index is 261. The molecule has 0 aliphatic heterocycles. The van der Waals surface area contributed by atoms with Crippen LogP contribution in [0, 0.1) is 5.41 Å². The third-order valence-corrected chi connectivity index (χ3v) is 2.97. The summed E-state index contributed by atoms with van der Waals surface area (Å²) in [7, 11) is 2.05. The first-order chi connectivity index (χ1) is 8.10. The molecule has 2 N–H and O–H groups in total. The highest BCUT2D eigenvalue weighted by Crippen LogP contribution is 2.16. The number of rotatable bonds is 8. The molecule has 0 aliphatic rings. The molecule has 0 aromatic heterocycles. The minimum atomic E-state index is -0.817. The van der Waals surface area contributed by atoms with Gasteiger partial charge in [-0.2, -0.15) is 0 Å². The molecule has 0 saturated heterocycles. The molecule has 0 radical (unpaired) electrons. The van der Waals surface area contributed by atoms with Gasteiger partial charge >= 0.3 is 5.97 Å². The van der Waals surface area contributed by atoms with Gasteiger partial charge in [-0.25, -0.2) is 0 Å². The van der Waals surface area contributed by atoms with E-state index in [2.05, 4.69) is 31.0 Å². The second kappa shape index (κ2) is 7.10. The van der Waals surface area contributed by atoms with Crippen molar-refractivity contribution in [2.75, 3.05) is 26.7 Å². The Hall–Kier alpha value is -0.610. The van der Waals surface area contributed by atoms with Gasteiger partial charge in [-0.15, -0.1) is 0 Å². The molecule has 0 amide bonds. The van der Waals surface area contributed by atoms with Crippen molar-refractivity contribution in [1.29, 1.82) is 0 Å². The third-order valence-electron chi connectivity index (χ3n) is 2.97. The third kappa shape index (κ3) is 6.97. The largest absolute Gasteiger partial charge is 0.480 e. The fourth-order valence-electron chi connectivity index (χ4n) is 1.98. The van der Waals surface area contributed by atoms with E-state index in [-0.39, 0.29) is 5.41 Å². The van der Waals surface area contributed by atoms with Crippen molar-refractivity contribution in [3.8, 4) is 0 Å². The molecule has 0 fully saturated rings. The van der Waals surface area contributed by atoms with E-state index in [4.69, 9.17) is 0 Å². The molecule has 108 valence electrons. The molecule has 0 saturated carbocycles. The minimum absolute atomic E-state index is 0.241. The molecule has 0 bridgehead atoms. The van der Waals surface area contributed by atoms with Crippen LogP contribution in [0.25, 0.3) is 0 Å². The predicted molar refractivity (Wildman–Crippen MR) is 75.9 cm³/mol. The van der Waals surface area contributed by atoms with E-state index < -0.39 is 11.5 Å². The number of aliphatic carboxylic acids is 1. The Morgan fingerprint density at radius 1 is 1.28 bits per heavy atom. The van der Waals surface area contributed by atoms with Crippen LogP contribution in [-0.2, 0) is 4.79 Å². The molecule has 0 aromatic carbocycles. The summed E-state index contributed by atoms with van der Waals surface area (Å²) in [5, 5.41) is 12.5. The fraction of sp³-hybridized carbons (Fsp3) is 0.929. The normalized spacial score (nSPS) is 15.7. The highest BCUT2D eigenvalue weighted by Gasteiger charge is 2.32. The van der Waals surface area contributed by atoms with Crippen LogP contribution in [0.15, 0.2) is 0 Å². The second-order valence-corrected chi connectivity index (χ2v) is 6.61. The van der Waals surface area contributed by atoms with E-state index in [1.807, 2.05) is 14.0 Å². The summed E-state index contributed by atoms with van der Waals surface area (Å²) in [6.07, 6.45) is 1.57. The van der Waals surface area contributed by atoms with Crippen LogP contribution in [0.4, 0.5) is 0 Å². The fourth-order valence-corrected chi connectivity index (χ4v) is 1.98. The summed E-state index contributed by atoms with van der Waals surface area (Å²) in [5.41, 5.74) is -0.576. The summed E-state index contributed by atoms with van der Waals surface area (Å²) in [6.45, 7) is 12.9. The van der Waals surface area contributed by atoms with Crippen molar-refractivity contribution in [3.05, 3.63) is 0 Å². The average molecular weight is 258 g/mol. The maximum Gasteiger partial charge on any atom is 0.323 e. The molecule has 0 rings (SSSR count). The molecular formula is C14H30N2O2. The van der Waals surface area contributed by atoms with E-state index in [0.717, 1.165) is 26.1 Å². The van der Waals surface area contributed by atoms with Crippen LogP contribution in [0.3, 0.4) is 0 Å². The second-order valence-electron chi connectivity index (χ2n) is 6.61. The highest BCUT2D eigenvalue weighted by molar-refractivity contribution is 5.78. The Morgan fingerprint density at radius 3 is 2.22 bits per heavy atom. The SMILES string of the molecule is CCCNC(C)(CCN(C)CC(C)(C)C)C(=O)O. The first-order valence-electron chi connectivity index (χ1n) is 6.78. The van der Waals surface area contributed by atoms with Crippen molar-refractivity contribution in [2.45, 2.75) is 53.0 Å². The van der Waals surface area contributed by atoms with Gasteiger partial charge in [0.2, 0.25) is 0 Å². The lowest BCUT2D eigenvalue weighted by Crippen LogP contribution is -2.51. The zero-order chi connectivity index (χ0) is 14.4. The van der Waals surface area contributed by atoms with Crippen LogP contribution in [0.2, 0.25) is 0 Å². The zero-order valence-corrected chi connectivity index (χ0v) is 12.8. The van der Waals surface area contributed by atoms with Crippen molar-refractivity contribution in [3.63, 3.8) is 0 Å². The molecule has 4 nitrogen and oxygen atoms in total. The lowest BCUT2D eigenvalue weighted by atomic mass is 9.94. The highest BCUT2D eigenvalue weighted by atomic mass is 16.4. The minimum Gasteiger partial charge on any atom is -0.480 e. The topological polar surface area (TPSA) is 52.6 Å². The molecular weight excluding hydrogens is 228 g/mol. The summed E-state index contributed by atoms with van der Waals surface area (Å²) >= 11 is 0. The number of carboxylic acids is 1. The van der Waals surface area contributed by atoms with Gasteiger partial charge in [-0.05, 0) is 38.8 Å². The standard InChI is InChI=1S/C14H30N2O2/c1-7-9-15-14(5,12(17)18)8-10-16(6)11-13(2,3)4/h15H,7-11H2,1-6H3,(H,17,18). The Labute approximate surface area is 112 Å². The first-order valence-corrected chi connectivity index (χ1v) is 6.78. The van der Waals surface area contributed by atoms with Crippen LogP contribution in [0.1, 0.15) is 47.5 Å². The Morgan fingerprint density at radius 2 is 1.83 bits per heavy atom. The summed E-state index contributed by atoms with van der Waals surface area (Å²) < 4.78 is 0. The molecule has 0 aliphatic carbocycles. The number of carboxylic acid groups (broad SMARTS) is 1. The summed E-state index contributed by atoms with van der Waals surface area (Å²) in [4.78, 5) is 13.5. The molecule has 4 heteroatoms. The molecule has 0 heterocycles. The molecule has 1 unspecified atom stereocenters. The van der Waals surface area contributed by atoms with Crippen molar-refractivity contribution in [1.82, 2.24) is 10.2 Å². The van der Waals surface area contributed by atoms with Crippen LogP contribution in [-0.4, -0.2) is 48.2 Å². The Kier molecular flexibility index (Phi) is 6.86. The van der Waals surface area contributed by atoms with Gasteiger partial charge in [0.05, 0.1) is 0 Å².